The summed E-state index contributed by atoms with van der Waals surface area (Å²) < 4.78 is 2.21. The lowest BCUT2D eigenvalue weighted by Gasteiger charge is -2.37. The second-order valence-electron chi connectivity index (χ2n) is 6.56. The van der Waals surface area contributed by atoms with Gasteiger partial charge in [0.15, 0.2) is 0 Å². The van der Waals surface area contributed by atoms with Gasteiger partial charge in [0, 0.05) is 24.6 Å². The van der Waals surface area contributed by atoms with E-state index >= 15 is 0 Å². The van der Waals surface area contributed by atoms with Crippen LogP contribution in [-0.4, -0.2) is 25.7 Å². The van der Waals surface area contributed by atoms with Crippen molar-refractivity contribution < 1.29 is 0 Å². The van der Waals surface area contributed by atoms with E-state index in [0.717, 1.165) is 5.16 Å². The van der Waals surface area contributed by atoms with Crippen LogP contribution in [-0.2, 0) is 7.05 Å². The largest absolute Gasteiger partial charge is 0.338 e. The molecule has 15 heavy (non-hydrogen) atoms. The highest BCUT2D eigenvalue weighted by Crippen LogP contribution is 2.34. The van der Waals surface area contributed by atoms with Gasteiger partial charge in [-0.15, -0.1) is 0 Å². The van der Waals surface area contributed by atoms with Crippen molar-refractivity contribution in [2.45, 2.75) is 44.4 Å². The van der Waals surface area contributed by atoms with Gasteiger partial charge >= 0.3 is 0 Å². The number of hydrogen-bond acceptors (Lipinski definition) is 1. The van der Waals surface area contributed by atoms with Crippen LogP contribution in [0, 0.1) is 0 Å². The lowest BCUT2D eigenvalue weighted by atomic mass is 10.7. The summed E-state index contributed by atoms with van der Waals surface area (Å²) in [5, 5.41) is 0.741. The smallest absolute Gasteiger partial charge is 0.106 e. The van der Waals surface area contributed by atoms with E-state index in [1.807, 2.05) is 6.20 Å². The van der Waals surface area contributed by atoms with E-state index in [4.69, 9.17) is 0 Å². The molecule has 0 saturated heterocycles. The Balaban J connectivity index is 3.20. The molecule has 1 aromatic rings. The molecule has 0 atom stereocenters. The molecule has 0 amide bonds. The third-order valence-electron chi connectivity index (χ3n) is 2.85. The monoisotopic (exact) mass is 240 g/mol. The van der Waals surface area contributed by atoms with Crippen molar-refractivity contribution in [2.75, 3.05) is 0 Å². The quantitative estimate of drug-likeness (QED) is 0.742. The van der Waals surface area contributed by atoms with Gasteiger partial charge in [0.2, 0.25) is 0 Å². The molecule has 0 aliphatic carbocycles. The first-order valence-corrected chi connectivity index (χ1v) is 12.8. The Morgan fingerprint density at radius 2 is 1.53 bits per heavy atom. The van der Waals surface area contributed by atoms with Crippen molar-refractivity contribution in [1.82, 2.24) is 9.55 Å². The van der Waals surface area contributed by atoms with Gasteiger partial charge in [0.25, 0.3) is 0 Å². The molecule has 0 fully saturated rings. The summed E-state index contributed by atoms with van der Waals surface area (Å²) >= 11 is 0. The van der Waals surface area contributed by atoms with Gasteiger partial charge in [-0.25, -0.2) is 4.98 Å². The summed E-state index contributed by atoms with van der Waals surface area (Å²) in [6.45, 7) is 14.8. The first-order valence-electron chi connectivity index (χ1n) is 5.61. The van der Waals surface area contributed by atoms with Crippen molar-refractivity contribution >= 4 is 16.1 Å². The number of nitrogens with zero attached hydrogens (tertiary/aromatic N) is 2. The molecular formula is C11H24N2Si2. The maximum absolute atomic E-state index is 4.58. The van der Waals surface area contributed by atoms with Crippen LogP contribution < -0.4 is 0 Å². The van der Waals surface area contributed by atoms with Gasteiger partial charge in [0.1, 0.15) is 5.82 Å². The summed E-state index contributed by atoms with van der Waals surface area (Å²) in [6.07, 6.45) is 4.01. The van der Waals surface area contributed by atoms with Gasteiger partial charge in [0.05, 0.1) is 16.1 Å². The summed E-state index contributed by atoms with van der Waals surface area (Å²) in [5.41, 5.74) is 0. The van der Waals surface area contributed by atoms with Crippen LogP contribution in [0.5, 0.6) is 0 Å². The molecule has 0 saturated carbocycles. The predicted octanol–water partition coefficient (Wildman–Crippen LogP) is 3.26. The molecule has 0 N–H and O–H groups in total. The molecule has 4 heteroatoms. The first-order chi connectivity index (χ1) is 6.64. The summed E-state index contributed by atoms with van der Waals surface area (Å²) in [5.74, 6) is 1.31. The molecule has 1 rings (SSSR count). The molecule has 1 heterocycles. The molecule has 0 aliphatic rings. The third-order valence-corrected chi connectivity index (χ3v) is 12.0. The average Bonchev–Trinajstić information content (AvgIpc) is 2.30. The molecule has 1 aromatic heterocycles. The summed E-state index contributed by atoms with van der Waals surface area (Å²) in [6, 6.07) is 0. The first kappa shape index (κ1) is 12.7. The van der Waals surface area contributed by atoms with Crippen molar-refractivity contribution in [3.8, 4) is 0 Å². The molecular weight excluding hydrogens is 216 g/mol. The number of hydrogen-bond donors (Lipinski definition) is 0. The Morgan fingerprint density at radius 1 is 1.07 bits per heavy atom. The fourth-order valence-electron chi connectivity index (χ4n) is 2.73. The summed E-state index contributed by atoms with van der Waals surface area (Å²) in [7, 11) is -0.239. The molecule has 0 spiro atoms. The van der Waals surface area contributed by atoms with Gasteiger partial charge < -0.3 is 4.57 Å². The Kier molecular flexibility index (Phi) is 3.31. The Labute approximate surface area is 95.8 Å². The third kappa shape index (κ3) is 2.81. The molecule has 0 radical (unpaired) electrons. The maximum Gasteiger partial charge on any atom is 0.106 e. The fourth-order valence-corrected chi connectivity index (χ4v) is 15.2. The Hall–Kier alpha value is -0.356. The standard InChI is InChI=1S/C11H24N2Si2/c1-13-9-8-12-10(13)11(14(2,3)4)15(5,6)7/h8-9,11H,1-7H3. The van der Waals surface area contributed by atoms with Crippen LogP contribution in [0.4, 0.5) is 0 Å². The summed E-state index contributed by atoms with van der Waals surface area (Å²) in [4.78, 5) is 4.58. The van der Waals surface area contributed by atoms with E-state index in [2.05, 4.69) is 62.1 Å². The lowest BCUT2D eigenvalue weighted by Crippen LogP contribution is -2.47. The zero-order valence-corrected chi connectivity index (χ0v) is 13.1. The zero-order valence-electron chi connectivity index (χ0n) is 11.1. The second-order valence-corrected chi connectivity index (χ2v) is 17.8. The van der Waals surface area contributed by atoms with Crippen molar-refractivity contribution in [1.29, 1.82) is 0 Å². The number of imidazole rings is 1. The van der Waals surface area contributed by atoms with E-state index in [-0.39, 0.29) is 0 Å². The Bertz CT molecular complexity index is 317. The average molecular weight is 240 g/mol. The van der Waals surface area contributed by atoms with Crippen LogP contribution in [0.1, 0.15) is 11.0 Å². The molecule has 0 aliphatic heterocycles. The fraction of sp³-hybridized carbons (Fsp3) is 0.727. The minimum Gasteiger partial charge on any atom is -0.338 e. The van der Waals surface area contributed by atoms with Gasteiger partial charge in [-0.3, -0.25) is 0 Å². The van der Waals surface area contributed by atoms with E-state index in [9.17, 15) is 0 Å². The van der Waals surface area contributed by atoms with Crippen molar-refractivity contribution in [3.05, 3.63) is 18.2 Å². The maximum atomic E-state index is 4.58. The lowest BCUT2D eigenvalue weighted by molar-refractivity contribution is 0.819. The van der Waals surface area contributed by atoms with Crippen molar-refractivity contribution in [2.24, 2.45) is 7.05 Å². The minimum atomic E-state index is -1.18. The zero-order chi connectivity index (χ0) is 11.9. The molecule has 0 aromatic carbocycles. The van der Waals surface area contributed by atoms with Crippen LogP contribution in [0.3, 0.4) is 0 Å². The van der Waals surface area contributed by atoms with Crippen LogP contribution >= 0.6 is 0 Å². The van der Waals surface area contributed by atoms with Gasteiger partial charge in [-0.2, -0.15) is 0 Å². The number of aryl methyl sites for hydroxylation is 1. The molecule has 0 bridgehead atoms. The van der Waals surface area contributed by atoms with Crippen LogP contribution in [0.2, 0.25) is 39.3 Å². The van der Waals surface area contributed by atoms with E-state index in [1.54, 1.807) is 0 Å². The second kappa shape index (κ2) is 3.90. The van der Waals surface area contributed by atoms with Gasteiger partial charge in [-0.05, 0) is 0 Å². The van der Waals surface area contributed by atoms with Crippen LogP contribution in [0.15, 0.2) is 12.4 Å². The molecule has 86 valence electrons. The number of aromatic nitrogens is 2. The topological polar surface area (TPSA) is 17.8 Å². The van der Waals surface area contributed by atoms with Crippen LogP contribution in [0.25, 0.3) is 0 Å². The number of rotatable bonds is 3. The van der Waals surface area contributed by atoms with Gasteiger partial charge in [-0.1, -0.05) is 39.3 Å². The molecule has 2 nitrogen and oxygen atoms in total. The van der Waals surface area contributed by atoms with E-state index < -0.39 is 16.1 Å². The van der Waals surface area contributed by atoms with Crippen molar-refractivity contribution in [3.63, 3.8) is 0 Å². The SMILES string of the molecule is Cn1ccnc1C([Si](C)(C)C)[Si](C)(C)C. The molecule has 0 unspecified atom stereocenters. The highest BCUT2D eigenvalue weighted by Gasteiger charge is 2.40. The minimum absolute atomic E-state index is 0.741. The normalized spacial score (nSPS) is 13.6. The predicted molar refractivity (Wildman–Crippen MR) is 72.6 cm³/mol. The Morgan fingerprint density at radius 3 is 1.80 bits per heavy atom. The highest BCUT2D eigenvalue weighted by atomic mass is 28.4. The highest BCUT2D eigenvalue weighted by molar-refractivity contribution is 6.96. The van der Waals surface area contributed by atoms with E-state index in [0.29, 0.717) is 0 Å². The van der Waals surface area contributed by atoms with E-state index in [1.165, 1.54) is 5.82 Å².